The number of rotatable bonds is 11. The molecule has 2 aliphatic rings. The number of nitrogens with two attached hydrogens (primary N) is 1. The number of piperazine rings is 1. The van der Waals surface area contributed by atoms with Crippen LogP contribution in [0.15, 0.2) is 48.8 Å². The van der Waals surface area contributed by atoms with E-state index >= 15 is 0 Å². The SMILES string of the molecule is CC(=O)NCC1CCN(Cc2cc(Oc3cnc(N4CCN(CCC(N)=O)CC4)nc3)cc(-c3cc(Cl)cc(Cl)c3)c2)CC1. The molecule has 234 valence electrons. The van der Waals surface area contributed by atoms with E-state index in [0.29, 0.717) is 46.4 Å². The number of primary amides is 1. The van der Waals surface area contributed by atoms with E-state index in [1.165, 1.54) is 0 Å². The number of nitrogens with zero attached hydrogens (tertiary/aromatic N) is 5. The molecule has 1 aromatic heterocycles. The first-order valence-corrected chi connectivity index (χ1v) is 15.8. The predicted octanol–water partition coefficient (Wildman–Crippen LogP) is 4.59. The maximum atomic E-state index is 11.3. The quantitative estimate of drug-likeness (QED) is 0.313. The summed E-state index contributed by atoms with van der Waals surface area (Å²) in [6, 6.07) is 11.7. The van der Waals surface area contributed by atoms with Crippen LogP contribution in [0.1, 0.15) is 31.7 Å². The summed E-state index contributed by atoms with van der Waals surface area (Å²) in [6.07, 6.45) is 5.85. The fraction of sp³-hybridized carbons (Fsp3) is 0.438. The molecule has 3 heterocycles. The summed E-state index contributed by atoms with van der Waals surface area (Å²) < 4.78 is 6.30. The Hall–Kier alpha value is -3.44. The monoisotopic (exact) mass is 639 g/mol. The predicted molar refractivity (Wildman–Crippen MR) is 173 cm³/mol. The van der Waals surface area contributed by atoms with Crippen molar-refractivity contribution in [3.63, 3.8) is 0 Å². The molecule has 2 aromatic carbocycles. The Bertz CT molecular complexity index is 1420. The van der Waals surface area contributed by atoms with Gasteiger partial charge in [0.15, 0.2) is 5.75 Å². The van der Waals surface area contributed by atoms with Crippen molar-refractivity contribution in [1.82, 2.24) is 25.1 Å². The van der Waals surface area contributed by atoms with Gasteiger partial charge in [-0.05, 0) is 84.9 Å². The van der Waals surface area contributed by atoms with Crippen molar-refractivity contribution >= 4 is 41.0 Å². The van der Waals surface area contributed by atoms with Crippen molar-refractivity contribution in [1.29, 1.82) is 0 Å². The average molecular weight is 641 g/mol. The van der Waals surface area contributed by atoms with E-state index in [4.69, 9.17) is 33.7 Å². The molecule has 12 heteroatoms. The van der Waals surface area contributed by atoms with Crippen LogP contribution in [0.2, 0.25) is 10.0 Å². The van der Waals surface area contributed by atoms with Gasteiger partial charge in [0.1, 0.15) is 5.75 Å². The van der Waals surface area contributed by atoms with Gasteiger partial charge >= 0.3 is 0 Å². The third-order valence-corrected chi connectivity index (χ3v) is 8.53. The number of nitrogens with one attached hydrogen (secondary N) is 1. The molecule has 2 fully saturated rings. The fourth-order valence-electron chi connectivity index (χ4n) is 5.69. The number of piperidine rings is 1. The first-order chi connectivity index (χ1) is 21.2. The van der Waals surface area contributed by atoms with E-state index in [9.17, 15) is 9.59 Å². The highest BCUT2D eigenvalue weighted by molar-refractivity contribution is 6.35. The lowest BCUT2D eigenvalue weighted by Crippen LogP contribution is -2.47. The molecular weight excluding hydrogens is 601 g/mol. The van der Waals surface area contributed by atoms with Crippen LogP contribution >= 0.6 is 23.2 Å². The summed E-state index contributed by atoms with van der Waals surface area (Å²) in [5.74, 6) is 2.11. The Morgan fingerprint density at radius 2 is 1.55 bits per heavy atom. The third kappa shape index (κ3) is 9.28. The van der Waals surface area contributed by atoms with Crippen molar-refractivity contribution in [3.05, 3.63) is 64.4 Å². The number of likely N-dealkylation sites (tertiary alicyclic amines) is 1. The molecule has 2 saturated heterocycles. The Balaban J connectivity index is 1.27. The summed E-state index contributed by atoms with van der Waals surface area (Å²) in [6.45, 7) is 8.87. The van der Waals surface area contributed by atoms with Gasteiger partial charge in [-0.15, -0.1) is 0 Å². The van der Waals surface area contributed by atoms with Crippen LogP contribution in [0, 0.1) is 5.92 Å². The van der Waals surface area contributed by atoms with Gasteiger partial charge < -0.3 is 20.7 Å². The lowest BCUT2D eigenvalue weighted by Gasteiger charge is -2.34. The zero-order chi connectivity index (χ0) is 31.1. The highest BCUT2D eigenvalue weighted by Crippen LogP contribution is 2.33. The molecule has 3 N–H and O–H groups in total. The van der Waals surface area contributed by atoms with Crippen LogP contribution in [0.3, 0.4) is 0 Å². The number of halogens is 2. The van der Waals surface area contributed by atoms with Crippen LogP contribution in [0.4, 0.5) is 5.95 Å². The number of hydrogen-bond donors (Lipinski definition) is 2. The standard InChI is InChI=1S/C32H39Cl2N7O3/c1-22(42)36-18-23-2-5-40(6-3-23)21-24-12-25(26-14-27(33)17-28(34)15-26)16-29(13-24)44-30-19-37-32(38-20-30)41-10-8-39(9-11-41)7-4-31(35)43/h12-17,19-20,23H,2-11,18,21H2,1H3,(H2,35,43)(H,36,42). The average Bonchev–Trinajstić information content (AvgIpc) is 3.00. The molecule has 0 unspecified atom stereocenters. The minimum Gasteiger partial charge on any atom is -0.454 e. The van der Waals surface area contributed by atoms with Gasteiger partial charge in [0, 0.05) is 69.2 Å². The summed E-state index contributed by atoms with van der Waals surface area (Å²) in [7, 11) is 0. The summed E-state index contributed by atoms with van der Waals surface area (Å²) >= 11 is 12.7. The Kier molecular flexibility index (Phi) is 10.9. The van der Waals surface area contributed by atoms with Gasteiger partial charge in [-0.2, -0.15) is 0 Å². The maximum absolute atomic E-state index is 11.3. The molecule has 2 amide bonds. The van der Waals surface area contributed by atoms with Crippen LogP contribution < -0.4 is 20.7 Å². The minimum absolute atomic E-state index is 0.0227. The molecule has 5 rings (SSSR count). The van der Waals surface area contributed by atoms with Crippen LogP contribution in [0.25, 0.3) is 11.1 Å². The molecule has 0 spiro atoms. The lowest BCUT2D eigenvalue weighted by molar-refractivity contribution is -0.119. The summed E-state index contributed by atoms with van der Waals surface area (Å²) in [5, 5.41) is 4.09. The number of carbonyl (C=O) groups is 2. The van der Waals surface area contributed by atoms with Gasteiger partial charge in [-0.25, -0.2) is 9.97 Å². The Morgan fingerprint density at radius 1 is 0.886 bits per heavy atom. The van der Waals surface area contributed by atoms with Crippen molar-refractivity contribution in [2.45, 2.75) is 32.7 Å². The number of hydrogen-bond acceptors (Lipinski definition) is 8. The number of anilines is 1. The number of aromatic nitrogens is 2. The zero-order valence-corrected chi connectivity index (χ0v) is 26.5. The Labute approximate surface area is 268 Å². The first-order valence-electron chi connectivity index (χ1n) is 15.0. The van der Waals surface area contributed by atoms with Crippen LogP contribution in [0.5, 0.6) is 11.5 Å². The second-order valence-corrected chi connectivity index (χ2v) is 12.4. The van der Waals surface area contributed by atoms with Crippen molar-refractivity contribution in [3.8, 4) is 22.6 Å². The maximum Gasteiger partial charge on any atom is 0.225 e. The highest BCUT2D eigenvalue weighted by Gasteiger charge is 2.21. The summed E-state index contributed by atoms with van der Waals surface area (Å²) in [5.41, 5.74) is 8.26. The molecule has 0 atom stereocenters. The number of benzene rings is 2. The molecular formula is C32H39Cl2N7O3. The number of ether oxygens (including phenoxy) is 1. The number of amides is 2. The van der Waals surface area contributed by atoms with Gasteiger partial charge in [-0.1, -0.05) is 23.2 Å². The van der Waals surface area contributed by atoms with Crippen molar-refractivity contribution < 1.29 is 14.3 Å². The van der Waals surface area contributed by atoms with Crippen LogP contribution in [-0.2, 0) is 16.1 Å². The largest absolute Gasteiger partial charge is 0.454 e. The van der Waals surface area contributed by atoms with Crippen molar-refractivity contribution in [2.24, 2.45) is 11.7 Å². The minimum atomic E-state index is -0.278. The molecule has 0 radical (unpaired) electrons. The third-order valence-electron chi connectivity index (χ3n) is 8.10. The smallest absolute Gasteiger partial charge is 0.225 e. The van der Waals surface area contributed by atoms with Gasteiger partial charge in [0.2, 0.25) is 17.8 Å². The molecule has 0 bridgehead atoms. The lowest BCUT2D eigenvalue weighted by atomic mass is 9.96. The Morgan fingerprint density at radius 3 is 2.18 bits per heavy atom. The van der Waals surface area contributed by atoms with E-state index < -0.39 is 0 Å². The molecule has 10 nitrogen and oxygen atoms in total. The second-order valence-electron chi connectivity index (χ2n) is 11.5. The van der Waals surface area contributed by atoms with E-state index in [1.54, 1.807) is 25.4 Å². The van der Waals surface area contributed by atoms with Gasteiger partial charge in [-0.3, -0.25) is 19.4 Å². The van der Waals surface area contributed by atoms with E-state index in [2.05, 4.69) is 42.1 Å². The van der Waals surface area contributed by atoms with E-state index in [-0.39, 0.29) is 11.8 Å². The fourth-order valence-corrected chi connectivity index (χ4v) is 6.22. The highest BCUT2D eigenvalue weighted by atomic mass is 35.5. The normalized spacial score (nSPS) is 16.6. The molecule has 0 aliphatic carbocycles. The van der Waals surface area contributed by atoms with Gasteiger partial charge in [0.25, 0.3) is 0 Å². The van der Waals surface area contributed by atoms with E-state index in [0.717, 1.165) is 81.9 Å². The molecule has 0 saturated carbocycles. The van der Waals surface area contributed by atoms with E-state index in [1.807, 2.05) is 18.2 Å². The van der Waals surface area contributed by atoms with Crippen molar-refractivity contribution in [2.75, 3.05) is 57.3 Å². The topological polar surface area (TPSA) is 117 Å². The van der Waals surface area contributed by atoms with Gasteiger partial charge in [0.05, 0.1) is 12.4 Å². The number of carbonyl (C=O) groups excluding carboxylic acids is 2. The summed E-state index contributed by atoms with van der Waals surface area (Å²) in [4.78, 5) is 38.4. The second kappa shape index (κ2) is 15.0. The first kappa shape index (κ1) is 32.0. The molecule has 44 heavy (non-hydrogen) atoms. The molecule has 3 aromatic rings. The van der Waals surface area contributed by atoms with Crippen LogP contribution in [-0.4, -0.2) is 83.9 Å². The zero-order valence-electron chi connectivity index (χ0n) is 25.0. The molecule has 2 aliphatic heterocycles.